The van der Waals surface area contributed by atoms with Crippen molar-refractivity contribution < 1.29 is 18.3 Å². The minimum absolute atomic E-state index is 0.195. The van der Waals surface area contributed by atoms with Crippen molar-refractivity contribution in [2.75, 3.05) is 0 Å². The zero-order valence-corrected chi connectivity index (χ0v) is 17.0. The minimum atomic E-state index is -0.697. The zero-order valence-electron chi connectivity index (χ0n) is 17.0. The van der Waals surface area contributed by atoms with Crippen LogP contribution in [0.25, 0.3) is 0 Å². The molecule has 0 N–H and O–H groups in total. The van der Waals surface area contributed by atoms with Gasteiger partial charge in [-0.05, 0) is 29.2 Å². The second-order valence-electron chi connectivity index (χ2n) is 6.86. The fourth-order valence-corrected chi connectivity index (χ4v) is 2.85. The van der Waals surface area contributed by atoms with Gasteiger partial charge in [-0.1, -0.05) is 66.6 Å². The molecule has 1 heterocycles. The quantitative estimate of drug-likeness (QED) is 0.390. The van der Waals surface area contributed by atoms with Crippen molar-refractivity contribution in [3.05, 3.63) is 119 Å². The minimum Gasteiger partial charge on any atom is -0.483 e. The van der Waals surface area contributed by atoms with Crippen molar-refractivity contribution in [1.82, 2.24) is 10.2 Å². The fraction of sp³-hybridized carbons (Fsp3) is 0.0769. The molecule has 3 aromatic carbocycles. The van der Waals surface area contributed by atoms with Crippen molar-refractivity contribution in [2.24, 2.45) is 0 Å². The van der Waals surface area contributed by atoms with Gasteiger partial charge in [0.15, 0.2) is 5.75 Å². The summed E-state index contributed by atoms with van der Waals surface area (Å²) in [5.74, 6) is 4.66. The number of hydrogen-bond donors (Lipinski definition) is 0. The Bertz CT molecular complexity index is 1230. The highest BCUT2D eigenvalue weighted by Gasteiger charge is 2.11. The van der Waals surface area contributed by atoms with Gasteiger partial charge >= 0.3 is 0 Å². The molecule has 0 bridgehead atoms. The van der Waals surface area contributed by atoms with E-state index in [1.807, 2.05) is 60.7 Å². The van der Waals surface area contributed by atoms with E-state index >= 15 is 0 Å². The number of ether oxygens (including phenoxy) is 2. The molecule has 0 fully saturated rings. The maximum absolute atomic E-state index is 13.4. The lowest BCUT2D eigenvalue weighted by Gasteiger charge is -2.11. The molecule has 158 valence electrons. The van der Waals surface area contributed by atoms with Crippen LogP contribution in [0.5, 0.6) is 11.6 Å². The van der Waals surface area contributed by atoms with Gasteiger partial charge in [-0.2, -0.15) is 0 Å². The van der Waals surface area contributed by atoms with Crippen LogP contribution in [-0.2, 0) is 13.2 Å². The number of aromatic nitrogens is 2. The summed E-state index contributed by atoms with van der Waals surface area (Å²) in [5.41, 5.74) is 2.42. The molecule has 4 aromatic rings. The van der Waals surface area contributed by atoms with Gasteiger partial charge in [0.1, 0.15) is 30.5 Å². The van der Waals surface area contributed by atoms with E-state index in [0.29, 0.717) is 19.0 Å². The first-order valence-corrected chi connectivity index (χ1v) is 9.85. The third-order valence-corrected chi connectivity index (χ3v) is 4.38. The molecule has 32 heavy (non-hydrogen) atoms. The summed E-state index contributed by atoms with van der Waals surface area (Å²) in [6.07, 6.45) is 0. The largest absolute Gasteiger partial charge is 0.483 e. The first-order chi connectivity index (χ1) is 15.7. The van der Waals surface area contributed by atoms with Gasteiger partial charge in [-0.3, -0.25) is 0 Å². The molecule has 0 saturated heterocycles. The van der Waals surface area contributed by atoms with Crippen LogP contribution in [0.3, 0.4) is 0 Å². The summed E-state index contributed by atoms with van der Waals surface area (Å²) < 4.78 is 38.5. The molecule has 0 spiro atoms. The molecule has 0 unspecified atom stereocenters. The second kappa shape index (κ2) is 10.2. The number of hydrogen-bond acceptors (Lipinski definition) is 4. The van der Waals surface area contributed by atoms with Crippen molar-refractivity contribution in [3.63, 3.8) is 0 Å². The third kappa shape index (κ3) is 5.89. The standard InChI is InChI=1S/C26H18F2N2O2/c27-22-13-21(14-23(28)15-22)11-12-24-16-25(31-17-19-7-3-1-4-8-19)26(30-29-24)32-18-20-9-5-2-6-10-20/h1-10,13-16H,17-18H2. The lowest BCUT2D eigenvalue weighted by molar-refractivity contribution is 0.244. The van der Waals surface area contributed by atoms with Gasteiger partial charge in [0.25, 0.3) is 5.88 Å². The van der Waals surface area contributed by atoms with Crippen molar-refractivity contribution in [3.8, 4) is 23.5 Å². The van der Waals surface area contributed by atoms with Crippen LogP contribution in [0.4, 0.5) is 8.78 Å². The second-order valence-corrected chi connectivity index (χ2v) is 6.86. The van der Waals surface area contributed by atoms with Gasteiger partial charge in [0.05, 0.1) is 0 Å². The number of halogens is 2. The van der Waals surface area contributed by atoms with E-state index in [0.717, 1.165) is 29.3 Å². The summed E-state index contributed by atoms with van der Waals surface area (Å²) in [6, 6.07) is 24.0. The average Bonchev–Trinajstić information content (AvgIpc) is 2.81. The molecule has 0 amide bonds. The SMILES string of the molecule is Fc1cc(F)cc(C#Cc2cc(OCc3ccccc3)c(OCc3ccccc3)nn2)c1. The van der Waals surface area contributed by atoms with Crippen molar-refractivity contribution >= 4 is 0 Å². The molecule has 4 rings (SSSR count). The van der Waals surface area contributed by atoms with Crippen LogP contribution < -0.4 is 9.47 Å². The van der Waals surface area contributed by atoms with Crippen LogP contribution in [0.15, 0.2) is 84.9 Å². The summed E-state index contributed by atoms with van der Waals surface area (Å²) in [5, 5.41) is 8.16. The van der Waals surface area contributed by atoms with E-state index in [1.54, 1.807) is 6.07 Å². The number of benzene rings is 3. The smallest absolute Gasteiger partial charge is 0.276 e. The van der Waals surface area contributed by atoms with E-state index < -0.39 is 11.6 Å². The zero-order chi connectivity index (χ0) is 22.2. The van der Waals surface area contributed by atoms with Gasteiger partial charge in [-0.15, -0.1) is 10.2 Å². The Hall–Kier alpha value is -4.24. The molecule has 0 aliphatic carbocycles. The van der Waals surface area contributed by atoms with E-state index in [4.69, 9.17) is 9.47 Å². The molecule has 0 atom stereocenters. The molecular weight excluding hydrogens is 410 g/mol. The highest BCUT2D eigenvalue weighted by atomic mass is 19.1. The van der Waals surface area contributed by atoms with Crippen LogP contribution in [0.1, 0.15) is 22.4 Å². The Kier molecular flexibility index (Phi) is 6.69. The van der Waals surface area contributed by atoms with Crippen molar-refractivity contribution in [2.45, 2.75) is 13.2 Å². The Morgan fingerprint density at radius 2 is 1.25 bits per heavy atom. The highest BCUT2D eigenvalue weighted by molar-refractivity contribution is 5.44. The Morgan fingerprint density at radius 1 is 0.656 bits per heavy atom. The first-order valence-electron chi connectivity index (χ1n) is 9.85. The van der Waals surface area contributed by atoms with Gasteiger partial charge in [-0.25, -0.2) is 8.78 Å². The summed E-state index contributed by atoms with van der Waals surface area (Å²) in [7, 11) is 0. The lowest BCUT2D eigenvalue weighted by atomic mass is 10.2. The number of nitrogens with zero attached hydrogens (tertiary/aromatic N) is 2. The number of rotatable bonds is 6. The molecule has 0 radical (unpaired) electrons. The van der Waals surface area contributed by atoms with Crippen molar-refractivity contribution in [1.29, 1.82) is 0 Å². The normalized spacial score (nSPS) is 10.2. The monoisotopic (exact) mass is 428 g/mol. The van der Waals surface area contributed by atoms with Crippen LogP contribution in [0.2, 0.25) is 0 Å². The molecular formula is C26H18F2N2O2. The van der Waals surface area contributed by atoms with E-state index in [9.17, 15) is 8.78 Å². The van der Waals surface area contributed by atoms with Crippen LogP contribution in [-0.4, -0.2) is 10.2 Å². The summed E-state index contributed by atoms with van der Waals surface area (Å²) in [6.45, 7) is 0.598. The van der Waals surface area contributed by atoms with Crippen LogP contribution >= 0.6 is 0 Å². The van der Waals surface area contributed by atoms with E-state index in [1.165, 1.54) is 0 Å². The molecule has 6 heteroatoms. The average molecular weight is 428 g/mol. The third-order valence-electron chi connectivity index (χ3n) is 4.38. The predicted octanol–water partition coefficient (Wildman–Crippen LogP) is 5.31. The first kappa shape index (κ1) is 21.0. The van der Waals surface area contributed by atoms with Gasteiger partial charge in [0, 0.05) is 17.7 Å². The predicted molar refractivity (Wildman–Crippen MR) is 116 cm³/mol. The Labute approximate surface area is 184 Å². The summed E-state index contributed by atoms with van der Waals surface area (Å²) in [4.78, 5) is 0. The van der Waals surface area contributed by atoms with E-state index in [2.05, 4.69) is 22.0 Å². The Morgan fingerprint density at radius 3 is 1.88 bits per heavy atom. The summed E-state index contributed by atoms with van der Waals surface area (Å²) >= 11 is 0. The van der Waals surface area contributed by atoms with Gasteiger partial charge in [0.2, 0.25) is 0 Å². The maximum Gasteiger partial charge on any atom is 0.276 e. The maximum atomic E-state index is 13.4. The topological polar surface area (TPSA) is 44.2 Å². The molecule has 4 nitrogen and oxygen atoms in total. The molecule has 0 aliphatic heterocycles. The Balaban J connectivity index is 1.57. The van der Waals surface area contributed by atoms with Gasteiger partial charge < -0.3 is 9.47 Å². The van der Waals surface area contributed by atoms with E-state index in [-0.39, 0.29) is 17.1 Å². The van der Waals surface area contributed by atoms with Crippen LogP contribution in [0, 0.1) is 23.5 Å². The lowest BCUT2D eigenvalue weighted by Crippen LogP contribution is -2.04. The highest BCUT2D eigenvalue weighted by Crippen LogP contribution is 2.26. The molecule has 1 aromatic heterocycles. The molecule has 0 saturated carbocycles. The fourth-order valence-electron chi connectivity index (χ4n) is 2.85. The molecule has 0 aliphatic rings.